The molecule has 6 fully saturated rings. The van der Waals surface area contributed by atoms with Gasteiger partial charge in [0.1, 0.15) is 11.5 Å². The van der Waals surface area contributed by atoms with E-state index >= 15 is 0 Å². The highest BCUT2D eigenvalue weighted by atomic mass is 31.2. The predicted molar refractivity (Wildman–Crippen MR) is 346 cm³/mol. The Hall–Kier alpha value is -2.00. The van der Waals surface area contributed by atoms with Crippen LogP contribution in [0.5, 0.6) is 11.5 Å². The molecule has 0 aliphatic carbocycles. The summed E-state index contributed by atoms with van der Waals surface area (Å²) in [5.41, 5.74) is 2.97. The molecule has 8 aliphatic heterocycles. The highest BCUT2D eigenvalue weighted by Crippen LogP contribution is 2.58. The van der Waals surface area contributed by atoms with Crippen LogP contribution in [-0.4, -0.2) is 131 Å². The molecule has 0 spiro atoms. The first kappa shape index (κ1) is 67.4. The Bertz CT molecular complexity index is 3050. The Morgan fingerprint density at radius 2 is 0.716 bits per heavy atom. The first-order chi connectivity index (χ1) is 41.6. The maximum Gasteiger partial charge on any atom is 0.553 e. The van der Waals surface area contributed by atoms with Crippen LogP contribution in [-0.2, 0) is 67.6 Å². The molecule has 0 saturated carbocycles. The molecule has 4 aromatic carbocycles. The van der Waals surface area contributed by atoms with E-state index in [1.807, 2.05) is 53.4 Å². The fraction of sp³-hybridized carbons (Fsp3) is 0.579. The van der Waals surface area contributed by atoms with Gasteiger partial charge in [-0.15, -0.1) is 0 Å². The molecule has 8 heterocycles. The van der Waals surface area contributed by atoms with Crippen LogP contribution in [0, 0.1) is 35.5 Å². The van der Waals surface area contributed by atoms with Crippen LogP contribution < -0.4 is 19.7 Å². The number of fused-ring (bicyclic) bond motifs is 6. The van der Waals surface area contributed by atoms with Crippen molar-refractivity contribution in [2.75, 3.05) is 32.8 Å². The summed E-state index contributed by atoms with van der Waals surface area (Å²) < 4.78 is 147. The van der Waals surface area contributed by atoms with E-state index in [0.717, 1.165) is 11.1 Å². The van der Waals surface area contributed by atoms with E-state index < -0.39 is 112 Å². The second-order valence-electron chi connectivity index (χ2n) is 26.8. The van der Waals surface area contributed by atoms with E-state index in [1.165, 1.54) is 0 Å². The molecular weight excluding hydrogens is 1310 g/mol. The molecule has 6 saturated heterocycles. The van der Waals surface area contributed by atoms with Crippen LogP contribution in [0.2, 0.25) is 42.3 Å². The topological polar surface area (TPSA) is 226 Å². The van der Waals surface area contributed by atoms with Gasteiger partial charge in [0.05, 0.1) is 36.0 Å². The van der Waals surface area contributed by atoms with E-state index in [4.69, 9.17) is 67.5 Å². The first-order valence-electron chi connectivity index (χ1n) is 31.2. The normalized spacial score (nSPS) is 32.9. The van der Waals surface area contributed by atoms with Gasteiger partial charge in [0, 0.05) is 77.7 Å². The fourth-order valence-corrected chi connectivity index (χ4v) is 63.3. The minimum absolute atomic E-state index is 0.00678. The molecule has 88 heavy (non-hydrogen) atoms. The smallest absolute Gasteiger partial charge is 0.421 e. The van der Waals surface area contributed by atoms with E-state index in [2.05, 4.69) is 83.1 Å². The van der Waals surface area contributed by atoms with E-state index in [1.54, 1.807) is 48.5 Å². The molecule has 8 bridgehead atoms. The van der Waals surface area contributed by atoms with Crippen LogP contribution in [0.15, 0.2) is 97.1 Å². The first-order valence-corrected chi connectivity index (χ1v) is 49.0. The van der Waals surface area contributed by atoms with Gasteiger partial charge >= 0.3 is 86.3 Å². The summed E-state index contributed by atoms with van der Waals surface area (Å²) in [4.78, 5) is 1.85. The summed E-state index contributed by atoms with van der Waals surface area (Å²) in [7, 11) is -40.1. The van der Waals surface area contributed by atoms with Gasteiger partial charge < -0.3 is 68.6 Å². The maximum absolute atomic E-state index is 14.9. The molecule has 8 aliphatic rings. The number of para-hydroxylation sites is 2. The Morgan fingerprint density at radius 3 is 1.08 bits per heavy atom. The summed E-state index contributed by atoms with van der Waals surface area (Å²) in [6, 6.07) is 31.3. The summed E-state index contributed by atoms with van der Waals surface area (Å²) in [5, 5.41) is 25.0. The average Bonchev–Trinajstić information content (AvgIpc) is 0.726. The van der Waals surface area contributed by atoms with Crippen LogP contribution in [0.25, 0.3) is 22.3 Å². The maximum atomic E-state index is 14.9. The van der Waals surface area contributed by atoms with Crippen molar-refractivity contribution in [2.24, 2.45) is 35.5 Å². The molecule has 8 atom stereocenters. The monoisotopic (exact) mass is 1390 g/mol. The number of benzene rings is 4. The molecule has 4 aromatic rings. The van der Waals surface area contributed by atoms with Crippen molar-refractivity contribution in [3.05, 3.63) is 97.1 Å². The Morgan fingerprint density at radius 1 is 0.420 bits per heavy atom. The fourth-order valence-electron chi connectivity index (χ4n) is 12.7. The van der Waals surface area contributed by atoms with E-state index in [9.17, 15) is 19.3 Å². The summed E-state index contributed by atoms with van der Waals surface area (Å²) >= 11 is 0. The lowest BCUT2D eigenvalue weighted by Crippen LogP contribution is -2.87. The lowest BCUT2D eigenvalue weighted by atomic mass is 10.0. The van der Waals surface area contributed by atoms with E-state index in [-0.39, 0.29) is 67.6 Å². The van der Waals surface area contributed by atoms with Crippen molar-refractivity contribution >= 4 is 97.0 Å². The zero-order chi connectivity index (χ0) is 62.7. The third kappa shape index (κ3) is 14.8. The molecule has 8 unspecified atom stereocenters. The molecule has 0 aromatic heterocycles. The largest absolute Gasteiger partial charge is 0.553 e. The summed E-state index contributed by atoms with van der Waals surface area (Å²) in [6.07, 6.45) is -2.29. The van der Waals surface area contributed by atoms with Crippen LogP contribution >= 0.6 is 15.2 Å². The van der Waals surface area contributed by atoms with Crippen LogP contribution in [0.4, 0.5) is 0 Å². The number of rotatable bonds is 26. The Balaban J connectivity index is 0.954. The lowest BCUT2D eigenvalue weighted by molar-refractivity contribution is -0.0262. The van der Waals surface area contributed by atoms with Crippen molar-refractivity contribution in [1.82, 2.24) is 4.90 Å². The van der Waals surface area contributed by atoms with Crippen LogP contribution in [0.3, 0.4) is 0 Å². The van der Waals surface area contributed by atoms with Gasteiger partial charge in [-0.3, -0.25) is 13.9 Å². The van der Waals surface area contributed by atoms with Gasteiger partial charge in [0.25, 0.3) is 0 Å². The SMILES string of the molecule is CC(C)C[Si]12O[Si]3O[Si]4(CC(C)C)O[Si](CCCN(CC(O)COP5(=O)Oc6ccccc6-c6ccccc65)CC(O)COP5(=O)Oc6ccccc6-c6ccccc65)(O1)O[Si]1(CC(C)C)O[Si](CC(C)C)(O2)O[Si](CC(C)C)(O3)O[Si](CC(C)C)(O4)O1. The van der Waals surface area contributed by atoms with Crippen molar-refractivity contribution in [2.45, 2.75) is 144 Å². The number of hydrogen-bond acceptors (Lipinski definition) is 21. The molecule has 2 N–H and O–H groups in total. The molecule has 21 nitrogen and oxygen atoms in total. The van der Waals surface area contributed by atoms with Crippen molar-refractivity contribution in [3.8, 4) is 33.8 Å². The second kappa shape index (κ2) is 26.3. The predicted octanol–water partition coefficient (Wildman–Crippen LogP) is 11.3. The van der Waals surface area contributed by atoms with Crippen LogP contribution in [0.1, 0.15) is 89.5 Å². The molecule has 31 heteroatoms. The molecular formula is C57H88NO20P2Si8. The number of aliphatic hydroxyl groups excluding tert-OH is 2. The third-order valence-corrected chi connectivity index (χ3v) is 56.2. The van der Waals surface area contributed by atoms with Gasteiger partial charge in [-0.2, -0.15) is 0 Å². The minimum Gasteiger partial charge on any atom is -0.421 e. The Kier molecular flexibility index (Phi) is 20.1. The molecule has 1 radical (unpaired) electrons. The van der Waals surface area contributed by atoms with Crippen molar-refractivity contribution in [1.29, 1.82) is 0 Å². The highest BCUT2D eigenvalue weighted by Gasteiger charge is 2.81. The van der Waals surface area contributed by atoms with Crippen molar-refractivity contribution in [3.63, 3.8) is 0 Å². The van der Waals surface area contributed by atoms with Gasteiger partial charge in [-0.25, -0.2) is 9.13 Å². The molecule has 483 valence electrons. The average molecular weight is 1390 g/mol. The second-order valence-corrected chi connectivity index (χ2v) is 53.5. The van der Waals surface area contributed by atoms with Gasteiger partial charge in [0.2, 0.25) is 0 Å². The zero-order valence-corrected chi connectivity index (χ0v) is 62.4. The molecule has 0 amide bonds. The van der Waals surface area contributed by atoms with Gasteiger partial charge in [-0.05, 0) is 72.7 Å². The lowest BCUT2D eigenvalue weighted by Gasteiger charge is -2.62. The van der Waals surface area contributed by atoms with E-state index in [0.29, 0.717) is 69.5 Å². The Labute approximate surface area is 528 Å². The quantitative estimate of drug-likeness (QED) is 0.0440. The standard InChI is InChI=1S/C57H88NO20P2Si8/c1-42(2)36-83-67-81-68-84(37-43(3)4)71-82(70-83,72-86(39-45(7)8)77-87(73-83,40-46(9)10)75-85(69-81,38-44(5)6)76-88(74-84,78-86)41-47(11)12)31-21-30-58(32-48(59)34-63-79(61)56-28-19-15-24-52(56)50-22-13-17-26-54(50)65-79)33-49(60)35-64-80(62)57-29-20-16-25-53(57)51-23-14-18-27-55(51)66-80/h13-20,22-29,42-49,59-60H,21,30-41H2,1-12H3. The number of aliphatic hydroxyl groups is 2. The number of hydrogen-bond donors (Lipinski definition) is 2. The van der Waals surface area contributed by atoms with Crippen molar-refractivity contribution < 1.29 is 86.8 Å². The third-order valence-electron chi connectivity index (χ3n) is 15.4. The minimum atomic E-state index is -4.40. The van der Waals surface area contributed by atoms with Gasteiger partial charge in [-0.1, -0.05) is 156 Å². The highest BCUT2D eigenvalue weighted by molar-refractivity contribution is 7.63. The van der Waals surface area contributed by atoms with Gasteiger partial charge in [0.15, 0.2) is 0 Å². The summed E-state index contributed by atoms with van der Waals surface area (Å²) in [6.45, 7) is 24.4. The zero-order valence-electron chi connectivity index (χ0n) is 52.6. The number of nitrogens with zero attached hydrogens (tertiary/aromatic N) is 1. The summed E-state index contributed by atoms with van der Waals surface area (Å²) in [5.74, 6) is 0.750. The molecule has 12 rings (SSSR count).